The predicted octanol–water partition coefficient (Wildman–Crippen LogP) is 4.37. The molecule has 0 amide bonds. The van der Waals surface area contributed by atoms with Gasteiger partial charge in [-0.05, 0) is 42.8 Å². The molecule has 0 spiro atoms. The van der Waals surface area contributed by atoms with Gasteiger partial charge >= 0.3 is 0 Å². The largest absolute Gasteiger partial charge is 0.495 e. The second kappa shape index (κ2) is 9.69. The van der Waals surface area contributed by atoms with E-state index in [-0.39, 0.29) is 5.78 Å². The van der Waals surface area contributed by atoms with Crippen molar-refractivity contribution in [2.45, 2.75) is 19.8 Å². The quantitative estimate of drug-likeness (QED) is 0.392. The zero-order valence-corrected chi connectivity index (χ0v) is 17.0. The van der Waals surface area contributed by atoms with Crippen LogP contribution in [-0.2, 0) is 0 Å². The van der Waals surface area contributed by atoms with Gasteiger partial charge in [-0.1, -0.05) is 13.3 Å². The molecule has 2 N–H and O–H groups in total. The molecule has 0 bridgehead atoms. The zero-order valence-electron chi connectivity index (χ0n) is 17.0. The first-order valence-electron chi connectivity index (χ1n) is 8.98. The molecule has 0 aliphatic heterocycles. The van der Waals surface area contributed by atoms with Crippen molar-refractivity contribution in [2.24, 2.45) is 0 Å². The monoisotopic (exact) mass is 385 g/mol. The summed E-state index contributed by atoms with van der Waals surface area (Å²) >= 11 is 0. The highest BCUT2D eigenvalue weighted by molar-refractivity contribution is 6.11. The first-order chi connectivity index (χ1) is 13.5. The molecule has 2 aromatic rings. The highest BCUT2D eigenvalue weighted by Gasteiger charge is 2.18. The zero-order chi connectivity index (χ0) is 20.7. The third-order valence-corrected chi connectivity index (χ3v) is 4.37. The summed E-state index contributed by atoms with van der Waals surface area (Å²) in [6.07, 6.45) is 3.26. The second-order valence-corrected chi connectivity index (χ2v) is 6.13. The Morgan fingerprint density at radius 3 is 2.18 bits per heavy atom. The van der Waals surface area contributed by atoms with Crippen LogP contribution < -0.4 is 24.7 Å². The Labute approximate surface area is 165 Å². The maximum absolute atomic E-state index is 13.1. The molecule has 2 rings (SSSR count). The van der Waals surface area contributed by atoms with Crippen LogP contribution in [0.3, 0.4) is 0 Å². The van der Waals surface area contributed by atoms with Crippen molar-refractivity contribution >= 4 is 17.5 Å². The van der Waals surface area contributed by atoms with Crippen molar-refractivity contribution in [1.82, 2.24) is 0 Å². The fourth-order valence-electron chi connectivity index (χ4n) is 2.98. The van der Waals surface area contributed by atoms with E-state index in [1.165, 1.54) is 7.11 Å². The lowest BCUT2D eigenvalue weighted by molar-refractivity contribution is 0.103. The van der Waals surface area contributed by atoms with Crippen molar-refractivity contribution in [1.29, 1.82) is 0 Å². The molecule has 6 heteroatoms. The Balaban J connectivity index is 2.54. The minimum atomic E-state index is -0.0861. The van der Waals surface area contributed by atoms with Gasteiger partial charge in [0, 0.05) is 16.7 Å². The van der Waals surface area contributed by atoms with Gasteiger partial charge in [-0.2, -0.15) is 0 Å². The summed E-state index contributed by atoms with van der Waals surface area (Å²) < 4.78 is 21.5. The maximum Gasteiger partial charge on any atom is 0.203 e. The minimum absolute atomic E-state index is 0.0861. The molecule has 0 aromatic heterocycles. The Morgan fingerprint density at radius 1 is 0.929 bits per heavy atom. The van der Waals surface area contributed by atoms with Crippen LogP contribution in [0.4, 0.5) is 5.69 Å². The van der Waals surface area contributed by atoms with E-state index in [0.717, 1.165) is 12.0 Å². The number of carbonyl (C=O) groups is 1. The van der Waals surface area contributed by atoms with Gasteiger partial charge in [0.1, 0.15) is 5.75 Å². The van der Waals surface area contributed by atoms with Crippen molar-refractivity contribution in [3.63, 3.8) is 0 Å². The Kier molecular flexibility index (Phi) is 7.32. The predicted molar refractivity (Wildman–Crippen MR) is 111 cm³/mol. The smallest absolute Gasteiger partial charge is 0.203 e. The van der Waals surface area contributed by atoms with Gasteiger partial charge in [0.15, 0.2) is 17.3 Å². The molecule has 0 aliphatic rings. The first kappa shape index (κ1) is 21.2. The Morgan fingerprint density at radius 2 is 1.61 bits per heavy atom. The molecule has 0 radical (unpaired) electrons. The average molecular weight is 385 g/mol. The van der Waals surface area contributed by atoms with Crippen LogP contribution in [-0.4, -0.2) is 34.2 Å². The van der Waals surface area contributed by atoms with Gasteiger partial charge in [0.25, 0.3) is 0 Å². The van der Waals surface area contributed by atoms with Gasteiger partial charge in [-0.15, -0.1) is 0 Å². The van der Waals surface area contributed by atoms with Gasteiger partial charge in [0.2, 0.25) is 5.75 Å². The van der Waals surface area contributed by atoms with E-state index in [1.807, 2.05) is 19.1 Å². The number of carbonyl (C=O) groups excluding carboxylic acids is 1. The standard InChI is InChI=1S/C22H27NO5/c1-6-7-14(20(24)15-8-10-17(23)19(13-15)26-3)12-16-9-11-18(25-2)22(28-5)21(16)27-4/h8-13H,6-7,23H2,1-5H3. The number of nitrogens with two attached hydrogens (primary N) is 1. The second-order valence-electron chi connectivity index (χ2n) is 6.13. The average Bonchev–Trinajstić information content (AvgIpc) is 2.72. The number of Topliss-reactive ketones (excluding diaryl/α,β-unsaturated/α-hetero) is 1. The fraction of sp³-hybridized carbons (Fsp3) is 0.318. The van der Waals surface area contributed by atoms with Crippen LogP contribution in [0.5, 0.6) is 23.0 Å². The highest BCUT2D eigenvalue weighted by Crippen LogP contribution is 2.41. The molecule has 0 atom stereocenters. The number of hydrogen-bond acceptors (Lipinski definition) is 6. The van der Waals surface area contributed by atoms with E-state index >= 15 is 0 Å². The lowest BCUT2D eigenvalue weighted by atomic mass is 9.96. The number of nitrogen functional groups attached to an aromatic ring is 1. The molecule has 2 aromatic carbocycles. The third kappa shape index (κ3) is 4.39. The normalized spacial score (nSPS) is 11.1. The maximum atomic E-state index is 13.1. The number of allylic oxidation sites excluding steroid dienone is 1. The van der Waals surface area contributed by atoms with Crippen molar-refractivity contribution in [2.75, 3.05) is 34.2 Å². The van der Waals surface area contributed by atoms with Crippen LogP contribution in [0.2, 0.25) is 0 Å². The molecule has 28 heavy (non-hydrogen) atoms. The SMILES string of the molecule is CCCC(=Cc1ccc(OC)c(OC)c1OC)C(=O)c1ccc(N)c(OC)c1. The number of hydrogen-bond donors (Lipinski definition) is 1. The van der Waals surface area contributed by atoms with E-state index in [1.54, 1.807) is 45.6 Å². The molecule has 0 saturated heterocycles. The lowest BCUT2D eigenvalue weighted by Gasteiger charge is -2.15. The molecular formula is C22H27NO5. The summed E-state index contributed by atoms with van der Waals surface area (Å²) in [6.45, 7) is 2.02. The molecule has 0 saturated carbocycles. The lowest BCUT2D eigenvalue weighted by Crippen LogP contribution is -2.05. The molecule has 0 fully saturated rings. The minimum Gasteiger partial charge on any atom is -0.495 e. The van der Waals surface area contributed by atoms with Gasteiger partial charge < -0.3 is 24.7 Å². The summed E-state index contributed by atoms with van der Waals surface area (Å²) in [6, 6.07) is 8.66. The first-order valence-corrected chi connectivity index (χ1v) is 8.98. The topological polar surface area (TPSA) is 80.0 Å². The molecule has 6 nitrogen and oxygen atoms in total. The van der Waals surface area contributed by atoms with E-state index in [2.05, 4.69) is 0 Å². The van der Waals surface area contributed by atoms with Crippen LogP contribution in [0.15, 0.2) is 35.9 Å². The summed E-state index contributed by atoms with van der Waals surface area (Å²) in [5, 5.41) is 0. The molecule has 0 aliphatic carbocycles. The number of ketones is 1. The summed E-state index contributed by atoms with van der Waals surface area (Å²) in [5.74, 6) is 1.94. The molecule has 0 unspecified atom stereocenters. The Bertz CT molecular complexity index is 873. The summed E-state index contributed by atoms with van der Waals surface area (Å²) in [4.78, 5) is 13.1. The number of anilines is 1. The van der Waals surface area contributed by atoms with Crippen LogP contribution in [0.1, 0.15) is 35.7 Å². The van der Waals surface area contributed by atoms with Crippen molar-refractivity contribution in [3.05, 3.63) is 47.0 Å². The van der Waals surface area contributed by atoms with Gasteiger partial charge in [0.05, 0.1) is 34.1 Å². The third-order valence-electron chi connectivity index (χ3n) is 4.37. The number of methoxy groups -OCH3 is 4. The van der Waals surface area contributed by atoms with E-state index in [9.17, 15) is 4.79 Å². The van der Waals surface area contributed by atoms with Crippen LogP contribution >= 0.6 is 0 Å². The Hall–Kier alpha value is -3.15. The number of rotatable bonds is 9. The summed E-state index contributed by atoms with van der Waals surface area (Å²) in [7, 11) is 6.19. The van der Waals surface area contributed by atoms with E-state index < -0.39 is 0 Å². The molecule has 150 valence electrons. The highest BCUT2D eigenvalue weighted by atomic mass is 16.5. The van der Waals surface area contributed by atoms with Crippen LogP contribution in [0, 0.1) is 0 Å². The van der Waals surface area contributed by atoms with E-state index in [4.69, 9.17) is 24.7 Å². The van der Waals surface area contributed by atoms with Crippen molar-refractivity contribution in [3.8, 4) is 23.0 Å². The van der Waals surface area contributed by atoms with Crippen LogP contribution in [0.25, 0.3) is 6.08 Å². The van der Waals surface area contributed by atoms with Gasteiger partial charge in [-0.3, -0.25) is 4.79 Å². The number of benzene rings is 2. The van der Waals surface area contributed by atoms with Gasteiger partial charge in [-0.25, -0.2) is 0 Å². The number of ether oxygens (including phenoxy) is 4. The molecule has 0 heterocycles. The summed E-state index contributed by atoms with van der Waals surface area (Å²) in [5.41, 5.74) is 8.26. The van der Waals surface area contributed by atoms with Crippen molar-refractivity contribution < 1.29 is 23.7 Å². The fourth-order valence-corrected chi connectivity index (χ4v) is 2.98. The van der Waals surface area contributed by atoms with E-state index in [0.29, 0.717) is 46.2 Å². The molecular weight excluding hydrogens is 358 g/mol.